The Morgan fingerprint density at radius 3 is 2.23 bits per heavy atom. The lowest BCUT2D eigenvalue weighted by molar-refractivity contribution is -0.119. The van der Waals surface area contributed by atoms with E-state index in [4.69, 9.17) is 0 Å². The molecule has 7 heteroatoms. The maximum absolute atomic E-state index is 12.6. The Hall–Kier alpha value is -3.16. The first-order chi connectivity index (χ1) is 17.0. The Kier molecular flexibility index (Phi) is 8.21. The molecule has 0 bridgehead atoms. The highest BCUT2D eigenvalue weighted by Crippen LogP contribution is 2.28. The standard InChI is InChI=1S/C28H33N3O3S/c1-2-35(33,34)31-19-17-26-24(21-31)14-9-15-27(26)30-20-28(32)29-18-16-25(22-10-5-3-6-11-22)23-12-7-4-8-13-23/h3-15,25,30H,2,16-21H2,1H3,(H,29,32). The lowest BCUT2D eigenvalue weighted by Gasteiger charge is -2.29. The Morgan fingerprint density at radius 1 is 0.943 bits per heavy atom. The molecule has 0 radical (unpaired) electrons. The van der Waals surface area contributed by atoms with Crippen molar-refractivity contribution in [2.75, 3.05) is 30.7 Å². The van der Waals surface area contributed by atoms with Crippen LogP contribution in [0.1, 0.15) is 41.5 Å². The average molecular weight is 492 g/mol. The number of hydrogen-bond donors (Lipinski definition) is 2. The number of hydrogen-bond acceptors (Lipinski definition) is 4. The lowest BCUT2D eigenvalue weighted by atomic mass is 9.88. The van der Waals surface area contributed by atoms with E-state index in [0.717, 1.165) is 23.2 Å². The van der Waals surface area contributed by atoms with Gasteiger partial charge in [0.2, 0.25) is 15.9 Å². The molecule has 1 aliphatic rings. The van der Waals surface area contributed by atoms with E-state index >= 15 is 0 Å². The molecule has 0 aliphatic carbocycles. The van der Waals surface area contributed by atoms with Gasteiger partial charge in [-0.15, -0.1) is 0 Å². The molecule has 184 valence electrons. The number of sulfonamides is 1. The molecule has 2 N–H and O–H groups in total. The fraction of sp³-hybridized carbons (Fsp3) is 0.321. The van der Waals surface area contributed by atoms with Crippen molar-refractivity contribution in [2.45, 2.75) is 32.2 Å². The van der Waals surface area contributed by atoms with Crippen molar-refractivity contribution in [2.24, 2.45) is 0 Å². The van der Waals surface area contributed by atoms with Gasteiger partial charge in [-0.25, -0.2) is 8.42 Å². The highest BCUT2D eigenvalue weighted by Gasteiger charge is 2.26. The van der Waals surface area contributed by atoms with Crippen molar-refractivity contribution >= 4 is 21.6 Å². The summed E-state index contributed by atoms with van der Waals surface area (Å²) in [5.74, 6) is 0.262. The molecule has 0 spiro atoms. The van der Waals surface area contributed by atoms with Crippen molar-refractivity contribution in [3.63, 3.8) is 0 Å². The highest BCUT2D eigenvalue weighted by atomic mass is 32.2. The van der Waals surface area contributed by atoms with E-state index in [2.05, 4.69) is 34.9 Å². The minimum Gasteiger partial charge on any atom is -0.376 e. The van der Waals surface area contributed by atoms with Gasteiger partial charge in [-0.3, -0.25) is 4.79 Å². The van der Waals surface area contributed by atoms with E-state index in [0.29, 0.717) is 26.1 Å². The molecular formula is C28H33N3O3S. The minimum atomic E-state index is -3.21. The third kappa shape index (κ3) is 6.29. The van der Waals surface area contributed by atoms with Crippen LogP contribution in [0.4, 0.5) is 5.69 Å². The van der Waals surface area contributed by atoms with E-state index in [-0.39, 0.29) is 24.1 Å². The molecule has 0 atom stereocenters. The molecule has 1 aliphatic heterocycles. The van der Waals surface area contributed by atoms with Crippen LogP contribution >= 0.6 is 0 Å². The number of carbonyl (C=O) groups excluding carboxylic acids is 1. The summed E-state index contributed by atoms with van der Waals surface area (Å²) in [5.41, 5.74) is 5.46. The maximum Gasteiger partial charge on any atom is 0.239 e. The predicted molar refractivity (Wildman–Crippen MR) is 141 cm³/mol. The molecular weight excluding hydrogens is 458 g/mol. The first kappa shape index (κ1) is 24.9. The van der Waals surface area contributed by atoms with Gasteiger partial charge in [0.05, 0.1) is 12.3 Å². The van der Waals surface area contributed by atoms with Gasteiger partial charge in [0.15, 0.2) is 0 Å². The Bertz CT molecular complexity index is 1190. The third-order valence-electron chi connectivity index (χ3n) is 6.59. The summed E-state index contributed by atoms with van der Waals surface area (Å²) in [6.45, 7) is 3.27. The molecule has 0 fully saturated rings. The molecule has 0 aromatic heterocycles. The van der Waals surface area contributed by atoms with Gasteiger partial charge in [-0.05, 0) is 48.1 Å². The molecule has 35 heavy (non-hydrogen) atoms. The van der Waals surface area contributed by atoms with Crippen LogP contribution in [0.3, 0.4) is 0 Å². The van der Waals surface area contributed by atoms with Crippen LogP contribution in [0.15, 0.2) is 78.9 Å². The molecule has 4 rings (SSSR count). The summed E-state index contributed by atoms with van der Waals surface area (Å²) in [4.78, 5) is 12.6. The maximum atomic E-state index is 12.6. The summed E-state index contributed by atoms with van der Waals surface area (Å²) < 4.78 is 26.0. The topological polar surface area (TPSA) is 78.5 Å². The molecule has 6 nitrogen and oxygen atoms in total. The molecule has 0 saturated carbocycles. The quantitative estimate of drug-likeness (QED) is 0.447. The number of amides is 1. The van der Waals surface area contributed by atoms with Gasteiger partial charge in [0.25, 0.3) is 0 Å². The normalized spacial score (nSPS) is 13.9. The van der Waals surface area contributed by atoms with Crippen molar-refractivity contribution < 1.29 is 13.2 Å². The van der Waals surface area contributed by atoms with Gasteiger partial charge in [-0.1, -0.05) is 72.8 Å². The van der Waals surface area contributed by atoms with Crippen LogP contribution < -0.4 is 10.6 Å². The molecule has 3 aromatic rings. The van der Waals surface area contributed by atoms with Crippen LogP contribution in [0.25, 0.3) is 0 Å². The smallest absolute Gasteiger partial charge is 0.239 e. The average Bonchev–Trinajstić information content (AvgIpc) is 2.90. The summed E-state index contributed by atoms with van der Waals surface area (Å²) in [6, 6.07) is 26.6. The van der Waals surface area contributed by atoms with Crippen LogP contribution in [-0.2, 0) is 27.8 Å². The van der Waals surface area contributed by atoms with Crippen molar-refractivity contribution in [1.82, 2.24) is 9.62 Å². The first-order valence-electron chi connectivity index (χ1n) is 12.2. The second-order valence-corrected chi connectivity index (χ2v) is 11.1. The third-order valence-corrected chi connectivity index (χ3v) is 8.42. The minimum absolute atomic E-state index is 0.0616. The molecule has 1 heterocycles. The van der Waals surface area contributed by atoms with Gasteiger partial charge >= 0.3 is 0 Å². The second kappa shape index (κ2) is 11.5. The van der Waals surface area contributed by atoms with Gasteiger partial charge < -0.3 is 10.6 Å². The van der Waals surface area contributed by atoms with Crippen molar-refractivity contribution in [3.8, 4) is 0 Å². The zero-order valence-electron chi connectivity index (χ0n) is 20.1. The Morgan fingerprint density at radius 2 is 1.60 bits per heavy atom. The zero-order chi connectivity index (χ0) is 24.7. The van der Waals surface area contributed by atoms with Crippen LogP contribution in [0.5, 0.6) is 0 Å². The Balaban J connectivity index is 1.33. The SMILES string of the molecule is CCS(=O)(=O)N1CCc2c(cccc2NCC(=O)NCCC(c2ccccc2)c2ccccc2)C1. The summed E-state index contributed by atoms with van der Waals surface area (Å²) in [7, 11) is -3.21. The van der Waals surface area contributed by atoms with E-state index < -0.39 is 10.0 Å². The van der Waals surface area contributed by atoms with Gasteiger partial charge in [0, 0.05) is 31.2 Å². The van der Waals surface area contributed by atoms with E-state index in [1.54, 1.807) is 11.2 Å². The van der Waals surface area contributed by atoms with E-state index in [9.17, 15) is 13.2 Å². The number of carbonyl (C=O) groups is 1. The second-order valence-electron chi connectivity index (χ2n) is 8.79. The van der Waals surface area contributed by atoms with Crippen LogP contribution in [0, 0.1) is 0 Å². The number of benzene rings is 3. The van der Waals surface area contributed by atoms with Gasteiger partial charge in [-0.2, -0.15) is 4.31 Å². The number of nitrogens with zero attached hydrogens (tertiary/aromatic N) is 1. The zero-order valence-corrected chi connectivity index (χ0v) is 20.9. The fourth-order valence-electron chi connectivity index (χ4n) is 4.66. The highest BCUT2D eigenvalue weighted by molar-refractivity contribution is 7.89. The molecule has 0 saturated heterocycles. The molecule has 0 unspecified atom stereocenters. The summed E-state index contributed by atoms with van der Waals surface area (Å²) >= 11 is 0. The van der Waals surface area contributed by atoms with Crippen LogP contribution in [0.2, 0.25) is 0 Å². The van der Waals surface area contributed by atoms with E-state index in [1.165, 1.54) is 11.1 Å². The fourth-order valence-corrected chi connectivity index (χ4v) is 5.73. The first-order valence-corrected chi connectivity index (χ1v) is 13.8. The van der Waals surface area contributed by atoms with E-state index in [1.807, 2.05) is 54.6 Å². The number of anilines is 1. The van der Waals surface area contributed by atoms with Crippen molar-refractivity contribution in [1.29, 1.82) is 0 Å². The summed E-state index contributed by atoms with van der Waals surface area (Å²) in [5, 5.41) is 6.31. The number of nitrogens with one attached hydrogen (secondary N) is 2. The number of fused-ring (bicyclic) bond motifs is 1. The van der Waals surface area contributed by atoms with Gasteiger partial charge in [0.1, 0.15) is 0 Å². The molecule has 1 amide bonds. The lowest BCUT2D eigenvalue weighted by Crippen LogP contribution is -2.37. The molecule has 3 aromatic carbocycles. The largest absolute Gasteiger partial charge is 0.376 e. The van der Waals surface area contributed by atoms with Crippen molar-refractivity contribution in [3.05, 3.63) is 101 Å². The predicted octanol–water partition coefficient (Wildman–Crippen LogP) is 4.14. The Labute approximate surface area is 208 Å². The number of rotatable bonds is 10. The summed E-state index contributed by atoms with van der Waals surface area (Å²) in [6.07, 6.45) is 1.44. The monoisotopic (exact) mass is 491 g/mol. The van der Waals surface area contributed by atoms with Crippen LogP contribution in [-0.4, -0.2) is 44.0 Å².